The first kappa shape index (κ1) is 26.3. The summed E-state index contributed by atoms with van der Waals surface area (Å²) in [7, 11) is 0. The summed E-state index contributed by atoms with van der Waals surface area (Å²) in [4.78, 5) is 12.9. The van der Waals surface area contributed by atoms with Crippen molar-refractivity contribution in [2.24, 2.45) is 4.40 Å². The highest BCUT2D eigenvalue weighted by atomic mass is 32.2. The third kappa shape index (κ3) is 5.92. The first-order chi connectivity index (χ1) is 13.2. The zero-order chi connectivity index (χ0) is 23.9. The van der Waals surface area contributed by atoms with Crippen molar-refractivity contribution in [1.29, 1.82) is 0 Å². The van der Waals surface area contributed by atoms with Crippen molar-refractivity contribution in [3.8, 4) is 0 Å². The van der Waals surface area contributed by atoms with Gasteiger partial charge in [-0.05, 0) is 80.5 Å². The molecule has 0 saturated heterocycles. The lowest BCUT2D eigenvalue weighted by Gasteiger charge is -2.35. The molecule has 0 unspecified atom stereocenters. The third-order valence-corrected chi connectivity index (χ3v) is 5.82. The third-order valence-electron chi connectivity index (χ3n) is 4.33. The predicted octanol–water partition coefficient (Wildman–Crippen LogP) is 5.10. The van der Waals surface area contributed by atoms with E-state index in [0.29, 0.717) is 0 Å². The Morgan fingerprint density at radius 3 is 1.93 bits per heavy atom. The van der Waals surface area contributed by atoms with Crippen LogP contribution in [-0.2, 0) is 17.3 Å². The largest absolute Gasteiger partial charge is 0.591 e. The van der Waals surface area contributed by atoms with Gasteiger partial charge in [0, 0.05) is 22.4 Å². The highest BCUT2D eigenvalue weighted by Gasteiger charge is 2.47. The van der Waals surface area contributed by atoms with Crippen LogP contribution in [0.2, 0.25) is 0 Å². The lowest BCUT2D eigenvalue weighted by Crippen LogP contribution is -2.45. The molecule has 6 nitrogen and oxygen atoms in total. The average Bonchev–Trinajstić information content (AvgIpc) is 2.50. The molecule has 9 heteroatoms. The minimum Gasteiger partial charge on any atom is -0.591 e. The molecule has 1 amide bonds. The van der Waals surface area contributed by atoms with Gasteiger partial charge in [0.2, 0.25) is 0 Å². The van der Waals surface area contributed by atoms with Gasteiger partial charge >= 0.3 is 12.0 Å². The van der Waals surface area contributed by atoms with Crippen LogP contribution in [0.5, 0.6) is 0 Å². The monoisotopic (exact) mass is 446 g/mol. The van der Waals surface area contributed by atoms with Crippen molar-refractivity contribution in [3.05, 3.63) is 29.3 Å². The summed E-state index contributed by atoms with van der Waals surface area (Å²) in [5, 5.41) is 19.7. The van der Waals surface area contributed by atoms with E-state index >= 15 is 0 Å². The summed E-state index contributed by atoms with van der Waals surface area (Å²) < 4.78 is 45.8. The highest BCUT2D eigenvalue weighted by molar-refractivity contribution is 7.91. The average molecular weight is 447 g/mol. The lowest BCUT2D eigenvalue weighted by molar-refractivity contribution is -0.168. The SMILES string of the molecule is C/C(=N/[S@+]([O-])C(C)(C)C)c1cc(N(C(=O)O)C(C)(C)C)cc(C(F)(F)C(C)(C)O)c1. The van der Waals surface area contributed by atoms with Gasteiger partial charge in [-0.1, -0.05) is 4.40 Å². The Kier molecular flexibility index (Phi) is 7.40. The fourth-order valence-corrected chi connectivity index (χ4v) is 3.21. The number of hydrogen-bond acceptors (Lipinski definition) is 4. The Balaban J connectivity index is 3.82. The fraction of sp³-hybridized carbons (Fsp3) is 0.619. The number of hydrogen-bond donors (Lipinski definition) is 2. The molecular weight excluding hydrogens is 414 g/mol. The van der Waals surface area contributed by atoms with Crippen LogP contribution in [0.4, 0.5) is 19.3 Å². The van der Waals surface area contributed by atoms with Crippen molar-refractivity contribution in [3.63, 3.8) is 0 Å². The van der Waals surface area contributed by atoms with Crippen LogP contribution < -0.4 is 4.90 Å². The van der Waals surface area contributed by atoms with Crippen molar-refractivity contribution < 1.29 is 28.3 Å². The summed E-state index contributed by atoms with van der Waals surface area (Å²) in [6.07, 6.45) is -1.31. The van der Waals surface area contributed by atoms with Gasteiger partial charge in [-0.15, -0.1) is 0 Å². The van der Waals surface area contributed by atoms with Gasteiger partial charge in [0.25, 0.3) is 0 Å². The van der Waals surface area contributed by atoms with Crippen LogP contribution in [0.3, 0.4) is 0 Å². The number of anilines is 1. The molecule has 0 aliphatic carbocycles. The molecule has 0 fully saturated rings. The van der Waals surface area contributed by atoms with Crippen molar-refractivity contribution in [2.45, 2.75) is 84.1 Å². The summed E-state index contributed by atoms with van der Waals surface area (Å²) in [6, 6.07) is 3.61. The topological polar surface area (TPSA) is 96.2 Å². The van der Waals surface area contributed by atoms with Crippen LogP contribution in [0.15, 0.2) is 22.6 Å². The molecule has 2 N–H and O–H groups in total. The minimum atomic E-state index is -3.68. The van der Waals surface area contributed by atoms with E-state index in [1.54, 1.807) is 41.5 Å². The van der Waals surface area contributed by atoms with E-state index in [9.17, 15) is 28.3 Å². The normalized spacial score (nSPS) is 15.2. The van der Waals surface area contributed by atoms with Crippen molar-refractivity contribution in [2.75, 3.05) is 4.90 Å². The lowest BCUT2D eigenvalue weighted by atomic mass is 9.90. The second-order valence-corrected chi connectivity index (χ2v) is 11.6. The fourth-order valence-electron chi connectivity index (χ4n) is 2.58. The molecule has 0 aromatic heterocycles. The van der Waals surface area contributed by atoms with E-state index in [1.165, 1.54) is 13.0 Å². The summed E-state index contributed by atoms with van der Waals surface area (Å²) in [6.45, 7) is 13.6. The number of rotatable bonds is 5. The van der Waals surface area contributed by atoms with Crippen LogP contribution >= 0.6 is 0 Å². The number of carbonyl (C=O) groups is 1. The van der Waals surface area contributed by atoms with Crippen LogP contribution in [0.25, 0.3) is 0 Å². The van der Waals surface area contributed by atoms with E-state index in [-0.39, 0.29) is 17.0 Å². The molecule has 0 saturated carbocycles. The molecule has 0 spiro atoms. The van der Waals surface area contributed by atoms with Gasteiger partial charge in [-0.2, -0.15) is 8.78 Å². The molecule has 1 rings (SSSR count). The van der Waals surface area contributed by atoms with E-state index in [2.05, 4.69) is 4.40 Å². The molecular formula is C21H32F2N2O4S. The number of alkyl halides is 2. The highest BCUT2D eigenvalue weighted by Crippen LogP contribution is 2.41. The summed E-state index contributed by atoms with van der Waals surface area (Å²) >= 11 is -1.63. The second-order valence-electron chi connectivity index (χ2n) is 9.73. The Morgan fingerprint density at radius 1 is 1.07 bits per heavy atom. The molecule has 0 radical (unpaired) electrons. The molecule has 170 valence electrons. The molecule has 1 atom stereocenters. The minimum absolute atomic E-state index is 0.00233. The van der Waals surface area contributed by atoms with Gasteiger partial charge in [0.15, 0.2) is 0 Å². The maximum Gasteiger partial charge on any atom is 0.412 e. The quantitative estimate of drug-likeness (QED) is 0.486. The smallest absolute Gasteiger partial charge is 0.412 e. The van der Waals surface area contributed by atoms with E-state index in [0.717, 1.165) is 30.9 Å². The maximum atomic E-state index is 15.0. The Hall–Kier alpha value is -1.71. The number of nitrogens with zero attached hydrogens (tertiary/aromatic N) is 2. The molecule has 0 bridgehead atoms. The summed E-state index contributed by atoms with van der Waals surface area (Å²) in [5.74, 6) is -3.68. The zero-order valence-electron chi connectivity index (χ0n) is 19.0. The first-order valence-electron chi connectivity index (χ1n) is 9.46. The molecule has 30 heavy (non-hydrogen) atoms. The standard InChI is InChI=1S/C21H32F2N2O4S/c1-13(24-30(29)19(5,6)7)14-10-15(21(22,23)20(8,9)28)12-16(11-14)25(17(26)27)18(2,3)4/h10-12,28H,1-9H3,(H,26,27)/b24-13-/t30-/m1/s1. The molecule has 1 aromatic rings. The van der Waals surface area contributed by atoms with E-state index in [4.69, 9.17) is 0 Å². The summed E-state index contributed by atoms with van der Waals surface area (Å²) in [5.41, 5.74) is -3.46. The number of benzene rings is 1. The van der Waals surface area contributed by atoms with Gasteiger partial charge in [0.05, 0.1) is 5.71 Å². The first-order valence-corrected chi connectivity index (χ1v) is 10.6. The molecule has 0 heterocycles. The van der Waals surface area contributed by atoms with Gasteiger partial charge in [-0.3, -0.25) is 4.90 Å². The van der Waals surface area contributed by atoms with Crippen LogP contribution in [0, 0.1) is 0 Å². The number of halogens is 2. The second kappa shape index (κ2) is 8.43. The molecule has 0 aliphatic rings. The van der Waals surface area contributed by atoms with Crippen LogP contribution in [0.1, 0.15) is 73.4 Å². The Labute approximate surface area is 180 Å². The van der Waals surface area contributed by atoms with Gasteiger partial charge in [0.1, 0.15) is 21.7 Å². The molecule has 1 aromatic carbocycles. The number of amides is 1. The Bertz CT molecular complexity index is 822. The van der Waals surface area contributed by atoms with E-state index < -0.39 is 44.8 Å². The van der Waals surface area contributed by atoms with Crippen molar-refractivity contribution in [1.82, 2.24) is 0 Å². The van der Waals surface area contributed by atoms with Crippen molar-refractivity contribution >= 4 is 28.9 Å². The Morgan fingerprint density at radius 2 is 1.57 bits per heavy atom. The van der Waals surface area contributed by atoms with Gasteiger partial charge < -0.3 is 14.8 Å². The maximum absolute atomic E-state index is 15.0. The molecule has 0 aliphatic heterocycles. The van der Waals surface area contributed by atoms with Crippen LogP contribution in [-0.4, -0.2) is 42.5 Å². The number of aliphatic hydroxyl groups is 1. The van der Waals surface area contributed by atoms with Gasteiger partial charge in [-0.25, -0.2) is 4.79 Å². The van der Waals surface area contributed by atoms with E-state index in [1.807, 2.05) is 0 Å². The number of carboxylic acid groups (broad SMARTS) is 1. The zero-order valence-corrected chi connectivity index (χ0v) is 19.8. The predicted molar refractivity (Wildman–Crippen MR) is 117 cm³/mol.